The van der Waals surface area contributed by atoms with Gasteiger partial charge in [0.15, 0.2) is 0 Å². The Morgan fingerprint density at radius 1 is 1.00 bits per heavy atom. The zero-order valence-electron chi connectivity index (χ0n) is 17.4. The summed E-state index contributed by atoms with van der Waals surface area (Å²) < 4.78 is 5.34. The molecule has 2 aromatic carbocycles. The zero-order chi connectivity index (χ0) is 23.0. The largest absolute Gasteiger partial charge is 0.494 e. The number of hydrogen-bond donors (Lipinski definition) is 3. The first-order valence-corrected chi connectivity index (χ1v) is 9.61. The molecule has 0 heterocycles. The molecule has 0 aliphatic carbocycles. The molecule has 0 aliphatic rings. The monoisotopic (exact) mass is 428 g/mol. The van der Waals surface area contributed by atoms with Crippen LogP contribution in [0.1, 0.15) is 41.5 Å². The lowest BCUT2D eigenvalue weighted by Crippen LogP contribution is -2.54. The maximum Gasteiger partial charge on any atom is 0.270 e. The molecule has 3 N–H and O–H groups in total. The van der Waals surface area contributed by atoms with Gasteiger partial charge in [0.05, 0.1) is 11.5 Å². The fourth-order valence-corrected chi connectivity index (χ4v) is 2.66. The molecule has 0 aromatic heterocycles. The number of nitro benzene ring substituents is 1. The van der Waals surface area contributed by atoms with Gasteiger partial charge in [0.1, 0.15) is 11.8 Å². The Kier molecular flexibility index (Phi) is 8.07. The SMILES string of the molecule is CCOc1ccc(C(=O)N[C@H](C(=O)NNC(=O)c2cccc([N+](=O)[O-])c2)C(C)C)cc1. The van der Waals surface area contributed by atoms with E-state index in [0.717, 1.165) is 6.07 Å². The molecule has 0 radical (unpaired) electrons. The van der Waals surface area contributed by atoms with Crippen molar-refractivity contribution in [1.82, 2.24) is 16.2 Å². The van der Waals surface area contributed by atoms with Gasteiger partial charge in [0, 0.05) is 23.3 Å². The number of non-ortho nitro benzene ring substituents is 1. The second-order valence-electron chi connectivity index (χ2n) is 6.90. The van der Waals surface area contributed by atoms with Crippen LogP contribution < -0.4 is 20.9 Å². The summed E-state index contributed by atoms with van der Waals surface area (Å²) in [6.45, 7) is 5.84. The molecule has 2 rings (SSSR count). The summed E-state index contributed by atoms with van der Waals surface area (Å²) in [5.74, 6) is -1.46. The average molecular weight is 428 g/mol. The quantitative estimate of drug-likeness (QED) is 0.435. The maximum absolute atomic E-state index is 12.5. The van der Waals surface area contributed by atoms with Crippen molar-refractivity contribution < 1.29 is 24.0 Å². The van der Waals surface area contributed by atoms with E-state index in [0.29, 0.717) is 17.9 Å². The first-order chi connectivity index (χ1) is 14.7. The van der Waals surface area contributed by atoms with Gasteiger partial charge >= 0.3 is 0 Å². The number of nitrogens with one attached hydrogen (secondary N) is 3. The summed E-state index contributed by atoms with van der Waals surface area (Å²) in [5, 5.41) is 13.5. The minimum atomic E-state index is -0.926. The molecule has 2 aromatic rings. The first kappa shape index (κ1) is 23.3. The predicted molar refractivity (Wildman–Crippen MR) is 112 cm³/mol. The molecule has 0 bridgehead atoms. The second-order valence-corrected chi connectivity index (χ2v) is 6.90. The third kappa shape index (κ3) is 6.53. The summed E-state index contributed by atoms with van der Waals surface area (Å²) in [6.07, 6.45) is 0. The lowest BCUT2D eigenvalue weighted by Gasteiger charge is -2.22. The van der Waals surface area contributed by atoms with Crippen molar-refractivity contribution in [3.05, 3.63) is 69.8 Å². The van der Waals surface area contributed by atoms with Crippen LogP contribution in [0.2, 0.25) is 0 Å². The van der Waals surface area contributed by atoms with Crippen LogP contribution in [0.15, 0.2) is 48.5 Å². The molecule has 10 heteroatoms. The van der Waals surface area contributed by atoms with Crippen LogP contribution in [0.5, 0.6) is 5.75 Å². The van der Waals surface area contributed by atoms with Crippen LogP contribution in [0.25, 0.3) is 0 Å². The maximum atomic E-state index is 12.5. The Labute approximate surface area is 179 Å². The highest BCUT2D eigenvalue weighted by atomic mass is 16.6. The molecule has 3 amide bonds. The minimum absolute atomic E-state index is 0.00835. The topological polar surface area (TPSA) is 140 Å². The molecule has 10 nitrogen and oxygen atoms in total. The van der Waals surface area contributed by atoms with E-state index in [9.17, 15) is 24.5 Å². The van der Waals surface area contributed by atoms with Crippen molar-refractivity contribution >= 4 is 23.4 Å². The van der Waals surface area contributed by atoms with Crippen molar-refractivity contribution in [2.45, 2.75) is 26.8 Å². The molecular weight excluding hydrogens is 404 g/mol. The van der Waals surface area contributed by atoms with Gasteiger partial charge in [-0.05, 0) is 43.2 Å². The van der Waals surface area contributed by atoms with E-state index < -0.39 is 28.7 Å². The van der Waals surface area contributed by atoms with Gasteiger partial charge in [0.25, 0.3) is 23.4 Å². The van der Waals surface area contributed by atoms with Crippen LogP contribution in [-0.2, 0) is 4.79 Å². The normalized spacial score (nSPS) is 11.4. The van der Waals surface area contributed by atoms with E-state index in [1.165, 1.54) is 18.2 Å². The van der Waals surface area contributed by atoms with Crippen molar-refractivity contribution in [2.24, 2.45) is 5.92 Å². The fraction of sp³-hybridized carbons (Fsp3) is 0.286. The Bertz CT molecular complexity index is 959. The molecule has 0 spiro atoms. The summed E-state index contributed by atoms with van der Waals surface area (Å²) in [6, 6.07) is 10.6. The number of hydrogen-bond acceptors (Lipinski definition) is 6. The van der Waals surface area contributed by atoms with Crippen LogP contribution in [-0.4, -0.2) is 35.3 Å². The van der Waals surface area contributed by atoms with Gasteiger partial charge in [-0.15, -0.1) is 0 Å². The lowest BCUT2D eigenvalue weighted by atomic mass is 10.0. The van der Waals surface area contributed by atoms with Crippen LogP contribution >= 0.6 is 0 Å². The second kappa shape index (κ2) is 10.7. The van der Waals surface area contributed by atoms with Crippen LogP contribution in [0, 0.1) is 16.0 Å². The fourth-order valence-electron chi connectivity index (χ4n) is 2.66. The summed E-state index contributed by atoms with van der Waals surface area (Å²) in [4.78, 5) is 47.5. The van der Waals surface area contributed by atoms with E-state index in [-0.39, 0.29) is 17.2 Å². The van der Waals surface area contributed by atoms with Gasteiger partial charge in [-0.3, -0.25) is 35.3 Å². The molecule has 0 fully saturated rings. The van der Waals surface area contributed by atoms with Crippen molar-refractivity contribution in [2.75, 3.05) is 6.61 Å². The summed E-state index contributed by atoms with van der Waals surface area (Å²) in [5.41, 5.74) is 4.57. The van der Waals surface area contributed by atoms with Gasteiger partial charge in [-0.1, -0.05) is 19.9 Å². The highest BCUT2D eigenvalue weighted by Crippen LogP contribution is 2.14. The lowest BCUT2D eigenvalue weighted by molar-refractivity contribution is -0.384. The van der Waals surface area contributed by atoms with Crippen molar-refractivity contribution in [1.29, 1.82) is 0 Å². The zero-order valence-corrected chi connectivity index (χ0v) is 17.4. The summed E-state index contributed by atoms with van der Waals surface area (Å²) in [7, 11) is 0. The number of rotatable bonds is 8. The van der Waals surface area contributed by atoms with Crippen LogP contribution in [0.4, 0.5) is 5.69 Å². The standard InChI is InChI=1S/C21H24N4O6/c1-4-31-17-10-8-14(9-11-17)19(26)22-18(13(2)3)21(28)24-23-20(27)15-6-5-7-16(12-15)25(29)30/h5-13,18H,4H2,1-3H3,(H,22,26)(H,23,27)(H,24,28)/t18-/m0/s1. The third-order valence-corrected chi connectivity index (χ3v) is 4.28. The highest BCUT2D eigenvalue weighted by Gasteiger charge is 2.25. The molecule has 0 saturated heterocycles. The first-order valence-electron chi connectivity index (χ1n) is 9.61. The third-order valence-electron chi connectivity index (χ3n) is 4.28. The Morgan fingerprint density at radius 2 is 1.68 bits per heavy atom. The van der Waals surface area contributed by atoms with E-state index >= 15 is 0 Å². The summed E-state index contributed by atoms with van der Waals surface area (Å²) >= 11 is 0. The predicted octanol–water partition coefficient (Wildman–Crippen LogP) is 2.21. The van der Waals surface area contributed by atoms with Gasteiger partial charge in [0.2, 0.25) is 0 Å². The molecular formula is C21H24N4O6. The van der Waals surface area contributed by atoms with Crippen molar-refractivity contribution in [3.63, 3.8) is 0 Å². The number of carbonyl (C=O) groups is 3. The number of carbonyl (C=O) groups excluding carboxylic acids is 3. The smallest absolute Gasteiger partial charge is 0.270 e. The van der Waals surface area contributed by atoms with Gasteiger partial charge in [-0.25, -0.2) is 0 Å². The van der Waals surface area contributed by atoms with Gasteiger partial charge < -0.3 is 10.1 Å². The van der Waals surface area contributed by atoms with Crippen molar-refractivity contribution in [3.8, 4) is 5.75 Å². The molecule has 0 unspecified atom stereocenters. The van der Waals surface area contributed by atoms with E-state index in [1.807, 2.05) is 6.92 Å². The Balaban J connectivity index is 2.00. The number of nitro groups is 1. The number of benzene rings is 2. The van der Waals surface area contributed by atoms with Gasteiger partial charge in [-0.2, -0.15) is 0 Å². The number of hydrazine groups is 1. The molecule has 164 valence electrons. The Morgan fingerprint density at radius 3 is 2.26 bits per heavy atom. The molecule has 0 saturated carbocycles. The average Bonchev–Trinajstić information content (AvgIpc) is 2.76. The van der Waals surface area contributed by atoms with E-state index in [4.69, 9.17) is 4.74 Å². The molecule has 31 heavy (non-hydrogen) atoms. The number of amides is 3. The number of nitrogens with zero attached hydrogens (tertiary/aromatic N) is 1. The molecule has 1 atom stereocenters. The van der Waals surface area contributed by atoms with E-state index in [2.05, 4.69) is 16.2 Å². The Hall–Kier alpha value is -3.95. The minimum Gasteiger partial charge on any atom is -0.494 e. The molecule has 0 aliphatic heterocycles. The number of ether oxygens (including phenoxy) is 1. The van der Waals surface area contributed by atoms with Crippen LogP contribution in [0.3, 0.4) is 0 Å². The van der Waals surface area contributed by atoms with E-state index in [1.54, 1.807) is 38.1 Å². The highest BCUT2D eigenvalue weighted by molar-refractivity contribution is 5.99.